The van der Waals surface area contributed by atoms with Crippen LogP contribution in [0.3, 0.4) is 0 Å². The number of aliphatic hydroxyl groups is 1. The predicted molar refractivity (Wildman–Crippen MR) is 68.2 cm³/mol. The Labute approximate surface area is 105 Å². The molecule has 1 aliphatic heterocycles. The normalized spacial score (nSPS) is 22.2. The first-order valence-electron chi connectivity index (χ1n) is 6.78. The molecule has 0 saturated carbocycles. The minimum atomic E-state index is -0.391. The maximum atomic E-state index is 9.79. The Morgan fingerprint density at radius 2 is 2.35 bits per heavy atom. The van der Waals surface area contributed by atoms with E-state index in [2.05, 4.69) is 11.8 Å². The summed E-state index contributed by atoms with van der Waals surface area (Å²) >= 11 is 0. The maximum Gasteiger partial charge on any atom is 0.0900 e. The smallest absolute Gasteiger partial charge is 0.0900 e. The first kappa shape index (κ1) is 14.9. The second-order valence-electron chi connectivity index (χ2n) is 4.94. The Morgan fingerprint density at radius 1 is 1.53 bits per heavy atom. The third kappa shape index (κ3) is 6.99. The average molecular weight is 245 g/mol. The van der Waals surface area contributed by atoms with Crippen molar-refractivity contribution in [1.29, 1.82) is 0 Å². The number of hydrogen-bond donors (Lipinski definition) is 1. The van der Waals surface area contributed by atoms with E-state index in [1.165, 1.54) is 12.8 Å². The van der Waals surface area contributed by atoms with Gasteiger partial charge in [0.2, 0.25) is 0 Å². The van der Waals surface area contributed by atoms with Crippen molar-refractivity contribution in [2.24, 2.45) is 0 Å². The minimum Gasteiger partial charge on any atom is -0.389 e. The predicted octanol–water partition coefficient (Wildman–Crippen LogP) is 1.27. The fourth-order valence-corrected chi connectivity index (χ4v) is 2.04. The van der Waals surface area contributed by atoms with Crippen LogP contribution in [0, 0.1) is 0 Å². The van der Waals surface area contributed by atoms with E-state index in [0.717, 1.165) is 26.0 Å². The van der Waals surface area contributed by atoms with Crippen molar-refractivity contribution in [3.63, 3.8) is 0 Å². The summed E-state index contributed by atoms with van der Waals surface area (Å²) < 4.78 is 10.9. The van der Waals surface area contributed by atoms with Gasteiger partial charge in [0.1, 0.15) is 0 Å². The van der Waals surface area contributed by atoms with E-state index in [0.29, 0.717) is 19.8 Å². The van der Waals surface area contributed by atoms with Crippen LogP contribution in [0.1, 0.15) is 32.6 Å². The second kappa shape index (κ2) is 8.86. The van der Waals surface area contributed by atoms with Gasteiger partial charge in [0.25, 0.3) is 0 Å². The lowest BCUT2D eigenvalue weighted by atomic mass is 10.2. The lowest BCUT2D eigenvalue weighted by molar-refractivity contribution is -0.0234. The van der Waals surface area contributed by atoms with Gasteiger partial charge < -0.3 is 19.5 Å². The van der Waals surface area contributed by atoms with Crippen LogP contribution in [0.5, 0.6) is 0 Å². The Balaban J connectivity index is 1.97. The maximum absolute atomic E-state index is 9.79. The van der Waals surface area contributed by atoms with E-state index < -0.39 is 6.10 Å². The van der Waals surface area contributed by atoms with E-state index in [1.54, 1.807) is 0 Å². The van der Waals surface area contributed by atoms with E-state index in [-0.39, 0.29) is 6.10 Å². The van der Waals surface area contributed by atoms with Crippen LogP contribution in [-0.4, -0.2) is 62.2 Å². The molecule has 4 nitrogen and oxygen atoms in total. The highest BCUT2D eigenvalue weighted by atomic mass is 16.5. The Morgan fingerprint density at radius 3 is 3.00 bits per heavy atom. The van der Waals surface area contributed by atoms with Gasteiger partial charge in [0, 0.05) is 13.2 Å². The second-order valence-corrected chi connectivity index (χ2v) is 4.94. The van der Waals surface area contributed by atoms with E-state index in [9.17, 15) is 5.11 Å². The van der Waals surface area contributed by atoms with Crippen LogP contribution in [0.2, 0.25) is 0 Å². The first-order valence-corrected chi connectivity index (χ1v) is 6.78. The molecule has 0 aromatic carbocycles. The Bertz CT molecular complexity index is 184. The topological polar surface area (TPSA) is 41.9 Å². The van der Waals surface area contributed by atoms with Gasteiger partial charge >= 0.3 is 0 Å². The van der Waals surface area contributed by atoms with Gasteiger partial charge in [-0.25, -0.2) is 0 Å². The molecule has 2 atom stereocenters. The molecule has 0 bridgehead atoms. The molecule has 0 spiro atoms. The largest absolute Gasteiger partial charge is 0.389 e. The molecule has 0 amide bonds. The van der Waals surface area contributed by atoms with Gasteiger partial charge in [-0.2, -0.15) is 0 Å². The molecule has 102 valence electrons. The highest BCUT2D eigenvalue weighted by molar-refractivity contribution is 4.65. The van der Waals surface area contributed by atoms with Gasteiger partial charge in [-0.15, -0.1) is 0 Å². The van der Waals surface area contributed by atoms with Gasteiger partial charge in [0.15, 0.2) is 0 Å². The van der Waals surface area contributed by atoms with Crippen LogP contribution in [0.4, 0.5) is 0 Å². The monoisotopic (exact) mass is 245 g/mol. The van der Waals surface area contributed by atoms with Gasteiger partial charge in [0.05, 0.1) is 25.4 Å². The van der Waals surface area contributed by atoms with Gasteiger partial charge in [-0.1, -0.05) is 13.3 Å². The standard InChI is InChI=1S/C13H27NO3/c1-3-4-7-14(2)9-12(15)10-16-11-13-6-5-8-17-13/h12-13,15H,3-11H2,1-2H3. The zero-order valence-corrected chi connectivity index (χ0v) is 11.2. The number of hydrogen-bond acceptors (Lipinski definition) is 4. The molecule has 1 fully saturated rings. The number of rotatable bonds is 9. The van der Waals surface area contributed by atoms with Crippen molar-refractivity contribution in [1.82, 2.24) is 4.90 Å². The van der Waals surface area contributed by atoms with Crippen molar-refractivity contribution in [2.75, 3.05) is 40.0 Å². The molecule has 17 heavy (non-hydrogen) atoms. The molecule has 0 radical (unpaired) electrons. The van der Waals surface area contributed by atoms with Crippen LogP contribution in [0.25, 0.3) is 0 Å². The van der Waals surface area contributed by atoms with Crippen molar-refractivity contribution in [3.05, 3.63) is 0 Å². The summed E-state index contributed by atoms with van der Waals surface area (Å²) in [5.41, 5.74) is 0. The number of aliphatic hydroxyl groups excluding tert-OH is 1. The van der Waals surface area contributed by atoms with Crippen molar-refractivity contribution < 1.29 is 14.6 Å². The number of nitrogens with zero attached hydrogens (tertiary/aromatic N) is 1. The molecule has 1 saturated heterocycles. The minimum absolute atomic E-state index is 0.250. The fraction of sp³-hybridized carbons (Fsp3) is 1.00. The summed E-state index contributed by atoms with van der Waals surface area (Å²) in [6.45, 7) is 5.79. The van der Waals surface area contributed by atoms with Crippen molar-refractivity contribution in [2.45, 2.75) is 44.8 Å². The van der Waals surface area contributed by atoms with E-state index in [1.807, 2.05) is 7.05 Å². The quantitative estimate of drug-likeness (QED) is 0.664. The molecule has 1 heterocycles. The summed E-state index contributed by atoms with van der Waals surface area (Å²) in [7, 11) is 2.04. The molecule has 0 aromatic rings. The summed E-state index contributed by atoms with van der Waals surface area (Å²) in [4.78, 5) is 2.16. The van der Waals surface area contributed by atoms with Gasteiger partial charge in [-0.05, 0) is 32.9 Å². The third-order valence-electron chi connectivity index (χ3n) is 3.05. The average Bonchev–Trinajstić information content (AvgIpc) is 2.79. The molecule has 0 aliphatic carbocycles. The molecular weight excluding hydrogens is 218 g/mol. The summed E-state index contributed by atoms with van der Waals surface area (Å²) in [5, 5.41) is 9.79. The molecule has 1 aliphatic rings. The van der Waals surface area contributed by atoms with Crippen molar-refractivity contribution in [3.8, 4) is 0 Å². The van der Waals surface area contributed by atoms with Crippen LogP contribution < -0.4 is 0 Å². The highest BCUT2D eigenvalue weighted by Gasteiger charge is 2.16. The Hall–Kier alpha value is -0.160. The SMILES string of the molecule is CCCCN(C)CC(O)COCC1CCCO1. The van der Waals surface area contributed by atoms with E-state index >= 15 is 0 Å². The van der Waals surface area contributed by atoms with E-state index in [4.69, 9.17) is 9.47 Å². The zero-order valence-electron chi connectivity index (χ0n) is 11.2. The fourth-order valence-electron chi connectivity index (χ4n) is 2.04. The molecule has 1 N–H and O–H groups in total. The van der Waals surface area contributed by atoms with Crippen LogP contribution >= 0.6 is 0 Å². The number of unbranched alkanes of at least 4 members (excludes halogenated alkanes) is 1. The molecule has 1 rings (SSSR count). The zero-order chi connectivity index (χ0) is 12.5. The molecule has 4 heteroatoms. The number of likely N-dealkylation sites (N-methyl/N-ethyl adjacent to an activating group) is 1. The molecular formula is C13H27NO3. The summed E-state index contributed by atoms with van der Waals surface area (Å²) in [6.07, 6.45) is 4.46. The molecule has 2 unspecified atom stereocenters. The van der Waals surface area contributed by atoms with Gasteiger partial charge in [-0.3, -0.25) is 0 Å². The molecule has 0 aromatic heterocycles. The Kier molecular flexibility index (Phi) is 7.77. The highest BCUT2D eigenvalue weighted by Crippen LogP contribution is 2.11. The summed E-state index contributed by atoms with van der Waals surface area (Å²) in [6, 6.07) is 0. The van der Waals surface area contributed by atoms with Crippen molar-refractivity contribution >= 4 is 0 Å². The number of ether oxygens (including phenoxy) is 2. The third-order valence-corrected chi connectivity index (χ3v) is 3.05. The summed E-state index contributed by atoms with van der Waals surface area (Å²) in [5.74, 6) is 0. The van der Waals surface area contributed by atoms with Crippen LogP contribution in [-0.2, 0) is 9.47 Å². The lowest BCUT2D eigenvalue weighted by Crippen LogP contribution is -2.33. The first-order chi connectivity index (χ1) is 8.22. The van der Waals surface area contributed by atoms with Crippen LogP contribution in [0.15, 0.2) is 0 Å². The lowest BCUT2D eigenvalue weighted by Gasteiger charge is -2.20.